The van der Waals surface area contributed by atoms with Gasteiger partial charge in [-0.2, -0.15) is 0 Å². The van der Waals surface area contributed by atoms with E-state index in [0.29, 0.717) is 10.8 Å². The van der Waals surface area contributed by atoms with Crippen LogP contribution in [0.2, 0.25) is 0 Å². The van der Waals surface area contributed by atoms with Crippen molar-refractivity contribution < 1.29 is 4.39 Å². The molecule has 84 valence electrons. The molecule has 0 radical (unpaired) electrons. The van der Waals surface area contributed by atoms with E-state index in [4.69, 9.17) is 0 Å². The van der Waals surface area contributed by atoms with Gasteiger partial charge in [-0.25, -0.2) is 4.39 Å². The molecule has 1 heterocycles. The van der Waals surface area contributed by atoms with Gasteiger partial charge in [-0.1, -0.05) is 18.2 Å². The molecule has 0 aliphatic rings. The third kappa shape index (κ3) is 1.35. The lowest BCUT2D eigenvalue weighted by Gasteiger charge is -2.08. The molecule has 0 saturated heterocycles. The van der Waals surface area contributed by atoms with E-state index in [2.05, 4.69) is 0 Å². The molecule has 1 aromatic heterocycles. The number of nitrogens with zero attached hydrogens (tertiary/aromatic N) is 1. The van der Waals surface area contributed by atoms with Gasteiger partial charge in [0.2, 0.25) is 0 Å². The van der Waals surface area contributed by atoms with E-state index >= 15 is 0 Å². The molecule has 2 aromatic carbocycles. The molecular weight excluding hydrogens is 217 g/mol. The number of pyridine rings is 1. The van der Waals surface area contributed by atoms with Gasteiger partial charge in [-0.05, 0) is 29.7 Å². The predicted octanol–water partition coefficient (Wildman–Crippen LogP) is 2.83. The van der Waals surface area contributed by atoms with Crippen molar-refractivity contribution >= 4 is 21.7 Å². The Hall–Kier alpha value is -2.16. The Kier molecular flexibility index (Phi) is 2.01. The molecule has 2 nitrogen and oxygen atoms in total. The van der Waals surface area contributed by atoms with Gasteiger partial charge >= 0.3 is 0 Å². The van der Waals surface area contributed by atoms with E-state index in [0.717, 1.165) is 10.9 Å². The molecule has 3 heteroatoms. The van der Waals surface area contributed by atoms with Gasteiger partial charge in [0, 0.05) is 17.8 Å². The van der Waals surface area contributed by atoms with E-state index in [1.165, 1.54) is 12.1 Å². The molecule has 0 aliphatic heterocycles. The fourth-order valence-electron chi connectivity index (χ4n) is 2.21. The highest BCUT2D eigenvalue weighted by Gasteiger charge is 2.08. The second-order valence-electron chi connectivity index (χ2n) is 4.07. The Morgan fingerprint density at radius 1 is 1.00 bits per heavy atom. The van der Waals surface area contributed by atoms with Gasteiger partial charge < -0.3 is 4.57 Å². The molecule has 0 spiro atoms. The first kappa shape index (κ1) is 10.0. The summed E-state index contributed by atoms with van der Waals surface area (Å²) in [7, 11) is 1.73. The average molecular weight is 227 g/mol. The smallest absolute Gasteiger partial charge is 0.258 e. The SMILES string of the molecule is Cn1c(=O)c2ccc(F)cc2c2ccccc21. The monoisotopic (exact) mass is 227 g/mol. The summed E-state index contributed by atoms with van der Waals surface area (Å²) < 4.78 is 14.9. The highest BCUT2D eigenvalue weighted by Crippen LogP contribution is 2.22. The Morgan fingerprint density at radius 3 is 2.59 bits per heavy atom. The maximum absolute atomic E-state index is 13.3. The lowest BCUT2D eigenvalue weighted by molar-refractivity contribution is 0.629. The van der Waals surface area contributed by atoms with E-state index in [1.54, 1.807) is 17.7 Å². The first-order valence-corrected chi connectivity index (χ1v) is 5.35. The van der Waals surface area contributed by atoms with Crippen molar-refractivity contribution in [3.05, 3.63) is 58.6 Å². The first-order valence-electron chi connectivity index (χ1n) is 5.35. The summed E-state index contributed by atoms with van der Waals surface area (Å²) in [6.45, 7) is 0. The van der Waals surface area contributed by atoms with Crippen LogP contribution in [0.4, 0.5) is 4.39 Å². The number of hydrogen-bond donors (Lipinski definition) is 0. The predicted molar refractivity (Wildman–Crippen MR) is 66.7 cm³/mol. The Balaban J connectivity index is 2.71. The van der Waals surface area contributed by atoms with Gasteiger partial charge in [0.1, 0.15) is 5.82 Å². The summed E-state index contributed by atoms with van der Waals surface area (Å²) in [5.41, 5.74) is 0.717. The van der Waals surface area contributed by atoms with Crippen LogP contribution in [0.3, 0.4) is 0 Å². The summed E-state index contributed by atoms with van der Waals surface area (Å²) in [5, 5.41) is 2.11. The van der Waals surface area contributed by atoms with Crippen LogP contribution >= 0.6 is 0 Å². The third-order valence-electron chi connectivity index (χ3n) is 3.07. The number of aryl methyl sites for hydroxylation is 1. The van der Waals surface area contributed by atoms with Crippen molar-refractivity contribution in [2.24, 2.45) is 7.05 Å². The summed E-state index contributed by atoms with van der Waals surface area (Å²) in [6, 6.07) is 11.8. The zero-order chi connectivity index (χ0) is 12.0. The zero-order valence-corrected chi connectivity index (χ0v) is 9.27. The van der Waals surface area contributed by atoms with Crippen molar-refractivity contribution in [1.82, 2.24) is 4.57 Å². The topological polar surface area (TPSA) is 22.0 Å². The zero-order valence-electron chi connectivity index (χ0n) is 9.27. The normalized spacial score (nSPS) is 11.2. The van der Waals surface area contributed by atoms with Crippen LogP contribution in [0.15, 0.2) is 47.3 Å². The summed E-state index contributed by atoms with van der Waals surface area (Å²) in [5.74, 6) is -0.323. The lowest BCUT2D eigenvalue weighted by Crippen LogP contribution is -2.17. The molecule has 0 unspecified atom stereocenters. The standard InChI is InChI=1S/C14H10FNO/c1-16-13-5-3-2-4-10(13)12-8-9(15)6-7-11(12)14(16)17/h2-8H,1H3. The van der Waals surface area contributed by atoms with Crippen LogP contribution in [0.25, 0.3) is 21.7 Å². The number of fused-ring (bicyclic) bond motifs is 3. The fraction of sp³-hybridized carbons (Fsp3) is 0.0714. The second kappa shape index (κ2) is 3.42. The van der Waals surface area contributed by atoms with Gasteiger partial charge in [0.15, 0.2) is 0 Å². The summed E-state index contributed by atoms with van der Waals surface area (Å²) in [4.78, 5) is 12.1. The number of benzene rings is 2. The first-order chi connectivity index (χ1) is 8.18. The Labute approximate surface area is 96.9 Å². The molecular formula is C14H10FNO. The van der Waals surface area contributed by atoms with Crippen LogP contribution in [0, 0.1) is 5.82 Å². The maximum atomic E-state index is 13.3. The van der Waals surface area contributed by atoms with Crippen LogP contribution in [0.1, 0.15) is 0 Å². The molecule has 0 fully saturated rings. The number of hydrogen-bond acceptors (Lipinski definition) is 1. The number of halogens is 1. The van der Waals surface area contributed by atoms with E-state index < -0.39 is 0 Å². The number of aromatic nitrogens is 1. The Morgan fingerprint density at radius 2 is 1.76 bits per heavy atom. The molecule has 3 aromatic rings. The van der Waals surface area contributed by atoms with Gasteiger partial charge in [0.05, 0.1) is 5.52 Å². The summed E-state index contributed by atoms with van der Waals surface area (Å²) in [6.07, 6.45) is 0. The number of para-hydroxylation sites is 1. The minimum atomic E-state index is -0.323. The second-order valence-corrected chi connectivity index (χ2v) is 4.07. The summed E-state index contributed by atoms with van der Waals surface area (Å²) >= 11 is 0. The molecule has 3 rings (SSSR count). The lowest BCUT2D eigenvalue weighted by atomic mass is 10.1. The van der Waals surface area contributed by atoms with Gasteiger partial charge in [-0.3, -0.25) is 4.79 Å². The highest BCUT2D eigenvalue weighted by atomic mass is 19.1. The van der Waals surface area contributed by atoms with E-state index in [1.807, 2.05) is 24.3 Å². The van der Waals surface area contributed by atoms with Crippen LogP contribution in [-0.2, 0) is 7.05 Å². The van der Waals surface area contributed by atoms with Crippen LogP contribution < -0.4 is 5.56 Å². The molecule has 17 heavy (non-hydrogen) atoms. The Bertz CT molecular complexity index is 789. The van der Waals surface area contributed by atoms with Crippen LogP contribution in [-0.4, -0.2) is 4.57 Å². The minimum Gasteiger partial charge on any atom is -0.311 e. The molecule has 0 N–H and O–H groups in total. The molecule has 0 atom stereocenters. The molecule has 0 bridgehead atoms. The van der Waals surface area contributed by atoms with Gasteiger partial charge in [0.25, 0.3) is 5.56 Å². The molecule has 0 amide bonds. The van der Waals surface area contributed by atoms with Crippen molar-refractivity contribution in [3.8, 4) is 0 Å². The third-order valence-corrected chi connectivity index (χ3v) is 3.07. The largest absolute Gasteiger partial charge is 0.311 e. The number of rotatable bonds is 0. The highest BCUT2D eigenvalue weighted by molar-refractivity contribution is 6.05. The van der Waals surface area contributed by atoms with Crippen molar-refractivity contribution in [3.63, 3.8) is 0 Å². The minimum absolute atomic E-state index is 0.0984. The molecule has 0 aliphatic carbocycles. The maximum Gasteiger partial charge on any atom is 0.258 e. The van der Waals surface area contributed by atoms with Crippen molar-refractivity contribution in [2.45, 2.75) is 0 Å². The van der Waals surface area contributed by atoms with Gasteiger partial charge in [-0.15, -0.1) is 0 Å². The average Bonchev–Trinajstić information content (AvgIpc) is 2.36. The quantitative estimate of drug-likeness (QED) is 0.541. The van der Waals surface area contributed by atoms with Crippen LogP contribution in [0.5, 0.6) is 0 Å². The molecule has 0 saturated carbocycles. The van der Waals surface area contributed by atoms with E-state index in [-0.39, 0.29) is 11.4 Å². The van der Waals surface area contributed by atoms with Crippen molar-refractivity contribution in [2.75, 3.05) is 0 Å². The van der Waals surface area contributed by atoms with E-state index in [9.17, 15) is 9.18 Å². The fourth-order valence-corrected chi connectivity index (χ4v) is 2.21. The van der Waals surface area contributed by atoms with Crippen molar-refractivity contribution in [1.29, 1.82) is 0 Å².